The molecule has 4 heteroatoms. The van der Waals surface area contributed by atoms with E-state index in [9.17, 15) is 0 Å². The smallest absolute Gasteiger partial charge is 0.0931 e. The molecule has 0 amide bonds. The van der Waals surface area contributed by atoms with Crippen LogP contribution in [-0.4, -0.2) is 31.6 Å². The summed E-state index contributed by atoms with van der Waals surface area (Å²) in [7, 11) is 2.19. The highest BCUT2D eigenvalue weighted by Gasteiger charge is 2.41. The van der Waals surface area contributed by atoms with Gasteiger partial charge in [0.05, 0.1) is 4.34 Å². The summed E-state index contributed by atoms with van der Waals surface area (Å²) in [5.74, 6) is 0. The predicted molar refractivity (Wildman–Crippen MR) is 71.3 cm³/mol. The Bertz CT molecular complexity index is 347. The molecule has 1 aliphatic carbocycles. The molecule has 1 saturated carbocycles. The van der Waals surface area contributed by atoms with E-state index in [2.05, 4.69) is 18.0 Å². The van der Waals surface area contributed by atoms with E-state index in [0.717, 1.165) is 30.4 Å². The zero-order chi connectivity index (χ0) is 11.6. The van der Waals surface area contributed by atoms with Crippen molar-refractivity contribution in [3.05, 3.63) is 21.3 Å². The SMILES string of the molecule is CN(CCc1ccc(Cl)s1)CC1(CN)CC1. The molecule has 0 atom stereocenters. The number of thiophene rings is 1. The Morgan fingerprint density at radius 2 is 2.25 bits per heavy atom. The lowest BCUT2D eigenvalue weighted by atomic mass is 10.1. The fourth-order valence-corrected chi connectivity index (χ4v) is 3.12. The van der Waals surface area contributed by atoms with E-state index in [1.54, 1.807) is 11.3 Å². The Labute approximate surface area is 106 Å². The van der Waals surface area contributed by atoms with Gasteiger partial charge in [-0.15, -0.1) is 11.3 Å². The second-order valence-electron chi connectivity index (χ2n) is 4.90. The summed E-state index contributed by atoms with van der Waals surface area (Å²) >= 11 is 7.59. The summed E-state index contributed by atoms with van der Waals surface area (Å²) in [6, 6.07) is 4.10. The Hall–Kier alpha value is -0.0900. The lowest BCUT2D eigenvalue weighted by Gasteiger charge is -2.22. The maximum Gasteiger partial charge on any atom is 0.0931 e. The molecule has 1 aromatic rings. The molecule has 0 radical (unpaired) electrons. The quantitative estimate of drug-likeness (QED) is 0.850. The van der Waals surface area contributed by atoms with E-state index in [1.807, 2.05) is 6.07 Å². The summed E-state index contributed by atoms with van der Waals surface area (Å²) in [6.07, 6.45) is 3.70. The number of nitrogens with two attached hydrogens (primary N) is 1. The molecule has 1 aliphatic rings. The zero-order valence-electron chi connectivity index (χ0n) is 9.71. The number of halogens is 1. The van der Waals surface area contributed by atoms with Crippen molar-refractivity contribution in [2.45, 2.75) is 19.3 Å². The molecule has 2 N–H and O–H groups in total. The van der Waals surface area contributed by atoms with E-state index < -0.39 is 0 Å². The zero-order valence-corrected chi connectivity index (χ0v) is 11.3. The van der Waals surface area contributed by atoms with E-state index in [0.29, 0.717) is 5.41 Å². The first kappa shape index (κ1) is 12.4. The van der Waals surface area contributed by atoms with E-state index >= 15 is 0 Å². The lowest BCUT2D eigenvalue weighted by Crippen LogP contribution is -2.32. The van der Waals surface area contributed by atoms with Crippen LogP contribution in [0.2, 0.25) is 4.34 Å². The van der Waals surface area contributed by atoms with Crippen LogP contribution in [0.15, 0.2) is 12.1 Å². The predicted octanol–water partition coefficient (Wildman–Crippen LogP) is 2.61. The van der Waals surface area contributed by atoms with Gasteiger partial charge in [-0.3, -0.25) is 0 Å². The third-order valence-corrected chi connectivity index (χ3v) is 4.66. The van der Waals surface area contributed by atoms with Crippen LogP contribution in [-0.2, 0) is 6.42 Å². The van der Waals surface area contributed by atoms with Gasteiger partial charge in [-0.25, -0.2) is 0 Å². The number of nitrogens with zero attached hydrogens (tertiary/aromatic N) is 1. The highest BCUT2D eigenvalue weighted by atomic mass is 35.5. The van der Waals surface area contributed by atoms with Crippen LogP contribution >= 0.6 is 22.9 Å². The van der Waals surface area contributed by atoms with Gasteiger partial charge in [-0.2, -0.15) is 0 Å². The monoisotopic (exact) mass is 258 g/mol. The van der Waals surface area contributed by atoms with Gasteiger partial charge < -0.3 is 10.6 Å². The summed E-state index contributed by atoms with van der Waals surface area (Å²) in [5.41, 5.74) is 6.23. The van der Waals surface area contributed by atoms with Crippen LogP contribution in [0.5, 0.6) is 0 Å². The Morgan fingerprint density at radius 1 is 1.50 bits per heavy atom. The maximum atomic E-state index is 5.90. The molecule has 0 aromatic carbocycles. The summed E-state index contributed by atoms with van der Waals surface area (Å²) in [6.45, 7) is 3.07. The largest absolute Gasteiger partial charge is 0.330 e. The first-order chi connectivity index (χ1) is 7.63. The lowest BCUT2D eigenvalue weighted by molar-refractivity contribution is 0.269. The molecule has 0 unspecified atom stereocenters. The molecule has 90 valence electrons. The minimum absolute atomic E-state index is 0.446. The minimum atomic E-state index is 0.446. The van der Waals surface area contributed by atoms with Crippen LogP contribution in [0.1, 0.15) is 17.7 Å². The highest BCUT2D eigenvalue weighted by Crippen LogP contribution is 2.44. The van der Waals surface area contributed by atoms with E-state index in [1.165, 1.54) is 17.7 Å². The van der Waals surface area contributed by atoms with Crippen molar-refractivity contribution < 1.29 is 0 Å². The van der Waals surface area contributed by atoms with Crippen LogP contribution in [0.4, 0.5) is 0 Å². The number of hydrogen-bond acceptors (Lipinski definition) is 3. The molecule has 1 heterocycles. The van der Waals surface area contributed by atoms with Gasteiger partial charge in [-0.1, -0.05) is 11.6 Å². The van der Waals surface area contributed by atoms with Crippen molar-refractivity contribution in [3.8, 4) is 0 Å². The van der Waals surface area contributed by atoms with Gasteiger partial charge >= 0.3 is 0 Å². The Kier molecular flexibility index (Phi) is 3.90. The first-order valence-corrected chi connectivity index (χ1v) is 6.96. The molecule has 2 nitrogen and oxygen atoms in total. The van der Waals surface area contributed by atoms with Crippen LogP contribution in [0.25, 0.3) is 0 Å². The topological polar surface area (TPSA) is 29.3 Å². The number of rotatable bonds is 6. The molecule has 0 saturated heterocycles. The highest BCUT2D eigenvalue weighted by molar-refractivity contribution is 7.16. The Balaban J connectivity index is 1.73. The fourth-order valence-electron chi connectivity index (χ4n) is 2.04. The average molecular weight is 259 g/mol. The van der Waals surface area contributed by atoms with Crippen molar-refractivity contribution >= 4 is 22.9 Å². The van der Waals surface area contributed by atoms with Crippen molar-refractivity contribution in [2.75, 3.05) is 26.7 Å². The normalized spacial score (nSPS) is 18.0. The number of likely N-dealkylation sites (N-methyl/N-ethyl adjacent to an activating group) is 1. The average Bonchev–Trinajstić information content (AvgIpc) is 2.91. The van der Waals surface area contributed by atoms with Crippen molar-refractivity contribution in [1.29, 1.82) is 0 Å². The fraction of sp³-hybridized carbons (Fsp3) is 0.667. The summed E-state index contributed by atoms with van der Waals surface area (Å²) in [4.78, 5) is 3.77. The van der Waals surface area contributed by atoms with Crippen LogP contribution in [0.3, 0.4) is 0 Å². The molecule has 1 fully saturated rings. The van der Waals surface area contributed by atoms with Crippen molar-refractivity contribution in [3.63, 3.8) is 0 Å². The standard InChI is InChI=1S/C12H19ClN2S/c1-15(9-12(8-14)5-6-12)7-4-10-2-3-11(13)16-10/h2-3H,4-9,14H2,1H3. The summed E-state index contributed by atoms with van der Waals surface area (Å²) in [5, 5.41) is 0. The van der Waals surface area contributed by atoms with Gasteiger partial charge in [0.15, 0.2) is 0 Å². The van der Waals surface area contributed by atoms with E-state index in [4.69, 9.17) is 17.3 Å². The second-order valence-corrected chi connectivity index (χ2v) is 6.70. The molecular formula is C12H19ClN2S. The molecular weight excluding hydrogens is 240 g/mol. The minimum Gasteiger partial charge on any atom is -0.330 e. The first-order valence-electron chi connectivity index (χ1n) is 5.76. The maximum absolute atomic E-state index is 5.90. The van der Waals surface area contributed by atoms with Gasteiger partial charge in [-0.05, 0) is 50.4 Å². The molecule has 1 aromatic heterocycles. The summed E-state index contributed by atoms with van der Waals surface area (Å²) < 4.78 is 0.887. The molecule has 0 spiro atoms. The Morgan fingerprint density at radius 3 is 2.75 bits per heavy atom. The van der Waals surface area contributed by atoms with Crippen LogP contribution < -0.4 is 5.73 Å². The van der Waals surface area contributed by atoms with Gasteiger partial charge in [0.25, 0.3) is 0 Å². The second kappa shape index (κ2) is 5.05. The van der Waals surface area contributed by atoms with E-state index in [-0.39, 0.29) is 0 Å². The molecule has 0 aliphatic heterocycles. The molecule has 16 heavy (non-hydrogen) atoms. The van der Waals surface area contributed by atoms with Gasteiger partial charge in [0.1, 0.15) is 0 Å². The van der Waals surface area contributed by atoms with Crippen molar-refractivity contribution in [2.24, 2.45) is 11.1 Å². The third-order valence-electron chi connectivity index (χ3n) is 3.36. The molecule has 0 bridgehead atoms. The molecule has 2 rings (SSSR count). The van der Waals surface area contributed by atoms with Gasteiger partial charge in [0, 0.05) is 18.0 Å². The van der Waals surface area contributed by atoms with Crippen molar-refractivity contribution in [1.82, 2.24) is 4.90 Å². The third kappa shape index (κ3) is 3.20. The van der Waals surface area contributed by atoms with Gasteiger partial charge in [0.2, 0.25) is 0 Å². The van der Waals surface area contributed by atoms with Crippen LogP contribution in [0, 0.1) is 5.41 Å². The number of hydrogen-bond donors (Lipinski definition) is 1.